The van der Waals surface area contributed by atoms with Crippen LogP contribution < -0.4 is 5.32 Å². The van der Waals surface area contributed by atoms with Gasteiger partial charge in [0.15, 0.2) is 0 Å². The van der Waals surface area contributed by atoms with Crippen LogP contribution in [0, 0.1) is 22.7 Å². The molecule has 2 rings (SSSR count). The summed E-state index contributed by atoms with van der Waals surface area (Å²) in [5.74, 6) is 0. The molecule has 0 radical (unpaired) electrons. The summed E-state index contributed by atoms with van der Waals surface area (Å²) >= 11 is 0. The second kappa shape index (κ2) is 6.41. The molecule has 2 aromatic carbocycles. The van der Waals surface area contributed by atoms with E-state index in [1.807, 2.05) is 42.5 Å². The highest BCUT2D eigenvalue weighted by atomic mass is 14.9. The summed E-state index contributed by atoms with van der Waals surface area (Å²) in [5, 5.41) is 20.9. The summed E-state index contributed by atoms with van der Waals surface area (Å²) in [4.78, 5) is 0. The average molecular weight is 261 g/mol. The fraction of sp³-hybridized carbons (Fsp3) is 0.176. The van der Waals surface area contributed by atoms with E-state index in [0.29, 0.717) is 12.0 Å². The van der Waals surface area contributed by atoms with Crippen molar-refractivity contribution in [2.75, 3.05) is 5.32 Å². The third-order valence-electron chi connectivity index (χ3n) is 3.14. The standard InChI is InChI=1S/C17H15N3/c1-13(16-4-2-3-15(11-16)12-19)20-17-7-5-14(6-8-17)9-10-18/h2-8,11,13,20H,9H2,1H3. The van der Waals surface area contributed by atoms with E-state index in [1.165, 1.54) is 0 Å². The van der Waals surface area contributed by atoms with Crippen LogP contribution in [-0.2, 0) is 6.42 Å². The number of hydrogen-bond donors (Lipinski definition) is 1. The number of rotatable bonds is 4. The normalized spacial score (nSPS) is 11.2. The first kappa shape index (κ1) is 13.6. The van der Waals surface area contributed by atoms with Gasteiger partial charge in [-0.05, 0) is 42.3 Å². The quantitative estimate of drug-likeness (QED) is 0.910. The van der Waals surface area contributed by atoms with E-state index in [4.69, 9.17) is 10.5 Å². The van der Waals surface area contributed by atoms with Gasteiger partial charge in [-0.2, -0.15) is 10.5 Å². The molecule has 0 bridgehead atoms. The topological polar surface area (TPSA) is 59.6 Å². The Hall–Kier alpha value is -2.78. The van der Waals surface area contributed by atoms with E-state index >= 15 is 0 Å². The van der Waals surface area contributed by atoms with Gasteiger partial charge in [0.2, 0.25) is 0 Å². The van der Waals surface area contributed by atoms with Crippen LogP contribution >= 0.6 is 0 Å². The Morgan fingerprint density at radius 3 is 2.50 bits per heavy atom. The molecule has 1 N–H and O–H groups in total. The molecular weight excluding hydrogens is 246 g/mol. The van der Waals surface area contributed by atoms with E-state index in [2.05, 4.69) is 24.4 Å². The van der Waals surface area contributed by atoms with Crippen LogP contribution in [0.4, 0.5) is 5.69 Å². The van der Waals surface area contributed by atoms with Crippen LogP contribution in [0.3, 0.4) is 0 Å². The van der Waals surface area contributed by atoms with Gasteiger partial charge in [0, 0.05) is 11.7 Å². The zero-order chi connectivity index (χ0) is 14.4. The predicted octanol–water partition coefficient (Wildman–Crippen LogP) is 3.80. The smallest absolute Gasteiger partial charge is 0.0991 e. The lowest BCUT2D eigenvalue weighted by molar-refractivity contribution is 0.884. The van der Waals surface area contributed by atoms with Gasteiger partial charge in [-0.3, -0.25) is 0 Å². The van der Waals surface area contributed by atoms with Crippen molar-refractivity contribution in [3.8, 4) is 12.1 Å². The van der Waals surface area contributed by atoms with Crippen molar-refractivity contribution in [2.24, 2.45) is 0 Å². The molecule has 0 aliphatic carbocycles. The number of anilines is 1. The van der Waals surface area contributed by atoms with Crippen molar-refractivity contribution in [3.63, 3.8) is 0 Å². The van der Waals surface area contributed by atoms with Gasteiger partial charge in [-0.15, -0.1) is 0 Å². The largest absolute Gasteiger partial charge is 0.379 e. The minimum Gasteiger partial charge on any atom is -0.379 e. The van der Waals surface area contributed by atoms with E-state index in [9.17, 15) is 0 Å². The van der Waals surface area contributed by atoms with Gasteiger partial charge >= 0.3 is 0 Å². The van der Waals surface area contributed by atoms with Crippen LogP contribution in [0.2, 0.25) is 0 Å². The molecular formula is C17H15N3. The van der Waals surface area contributed by atoms with Crippen molar-refractivity contribution < 1.29 is 0 Å². The fourth-order valence-corrected chi connectivity index (χ4v) is 2.02. The maximum Gasteiger partial charge on any atom is 0.0991 e. The van der Waals surface area contributed by atoms with E-state index < -0.39 is 0 Å². The molecule has 0 fully saturated rings. The molecule has 0 amide bonds. The first-order chi connectivity index (χ1) is 9.72. The zero-order valence-electron chi connectivity index (χ0n) is 11.3. The summed E-state index contributed by atoms with van der Waals surface area (Å²) in [6.45, 7) is 2.06. The Bertz CT molecular complexity index is 660. The lowest BCUT2D eigenvalue weighted by atomic mass is 10.1. The fourth-order valence-electron chi connectivity index (χ4n) is 2.02. The molecule has 0 saturated heterocycles. The monoisotopic (exact) mass is 261 g/mol. The molecule has 98 valence electrons. The van der Waals surface area contributed by atoms with Crippen LogP contribution in [0.25, 0.3) is 0 Å². The van der Waals surface area contributed by atoms with Crippen molar-refractivity contribution in [2.45, 2.75) is 19.4 Å². The Labute approximate surface area is 119 Å². The van der Waals surface area contributed by atoms with E-state index in [-0.39, 0.29) is 6.04 Å². The molecule has 0 spiro atoms. The van der Waals surface area contributed by atoms with Crippen molar-refractivity contribution in [3.05, 3.63) is 65.2 Å². The van der Waals surface area contributed by atoms with Crippen molar-refractivity contribution in [1.29, 1.82) is 10.5 Å². The molecule has 2 aromatic rings. The first-order valence-corrected chi connectivity index (χ1v) is 6.45. The second-order valence-corrected chi connectivity index (χ2v) is 4.64. The van der Waals surface area contributed by atoms with Gasteiger partial charge < -0.3 is 5.32 Å². The molecule has 0 aromatic heterocycles. The molecule has 3 heteroatoms. The van der Waals surface area contributed by atoms with Gasteiger partial charge in [0.05, 0.1) is 24.1 Å². The number of hydrogen-bond acceptors (Lipinski definition) is 3. The molecule has 0 aliphatic rings. The van der Waals surface area contributed by atoms with Crippen LogP contribution in [0.15, 0.2) is 48.5 Å². The molecule has 1 atom stereocenters. The maximum absolute atomic E-state index is 8.92. The Morgan fingerprint density at radius 1 is 1.10 bits per heavy atom. The maximum atomic E-state index is 8.92. The van der Waals surface area contributed by atoms with Crippen molar-refractivity contribution in [1.82, 2.24) is 0 Å². The van der Waals surface area contributed by atoms with Crippen LogP contribution in [-0.4, -0.2) is 0 Å². The predicted molar refractivity (Wildman–Crippen MR) is 79.0 cm³/mol. The zero-order valence-corrected chi connectivity index (χ0v) is 11.3. The third kappa shape index (κ3) is 3.37. The van der Waals surface area contributed by atoms with E-state index in [1.54, 1.807) is 6.07 Å². The highest BCUT2D eigenvalue weighted by Gasteiger charge is 2.06. The summed E-state index contributed by atoms with van der Waals surface area (Å²) in [6, 6.07) is 19.8. The SMILES string of the molecule is CC(Nc1ccc(CC#N)cc1)c1cccc(C#N)c1. The molecule has 0 heterocycles. The first-order valence-electron chi connectivity index (χ1n) is 6.45. The lowest BCUT2D eigenvalue weighted by Crippen LogP contribution is -2.06. The minimum absolute atomic E-state index is 0.116. The number of nitriles is 2. The number of nitrogens with zero attached hydrogens (tertiary/aromatic N) is 2. The minimum atomic E-state index is 0.116. The highest BCUT2D eigenvalue weighted by Crippen LogP contribution is 2.20. The van der Waals surface area contributed by atoms with E-state index in [0.717, 1.165) is 16.8 Å². The van der Waals surface area contributed by atoms with Crippen molar-refractivity contribution >= 4 is 5.69 Å². The van der Waals surface area contributed by atoms with Gasteiger partial charge in [0.1, 0.15) is 0 Å². The van der Waals surface area contributed by atoms with Gasteiger partial charge in [0.25, 0.3) is 0 Å². The lowest BCUT2D eigenvalue weighted by Gasteiger charge is -2.16. The Morgan fingerprint density at radius 2 is 1.85 bits per heavy atom. The molecule has 0 aliphatic heterocycles. The Kier molecular flexibility index (Phi) is 4.37. The Balaban J connectivity index is 2.09. The van der Waals surface area contributed by atoms with Gasteiger partial charge in [-0.25, -0.2) is 0 Å². The number of nitrogens with one attached hydrogen (secondary N) is 1. The summed E-state index contributed by atoms with van der Waals surface area (Å²) in [6.07, 6.45) is 0.431. The van der Waals surface area contributed by atoms with Gasteiger partial charge in [-0.1, -0.05) is 24.3 Å². The highest BCUT2D eigenvalue weighted by molar-refractivity contribution is 5.47. The third-order valence-corrected chi connectivity index (χ3v) is 3.14. The average Bonchev–Trinajstić information content (AvgIpc) is 2.49. The summed E-state index contributed by atoms with van der Waals surface area (Å²) in [7, 11) is 0. The second-order valence-electron chi connectivity index (χ2n) is 4.64. The summed E-state index contributed by atoms with van der Waals surface area (Å²) < 4.78 is 0. The molecule has 20 heavy (non-hydrogen) atoms. The molecule has 1 unspecified atom stereocenters. The summed E-state index contributed by atoms with van der Waals surface area (Å²) in [5.41, 5.74) is 3.75. The number of benzene rings is 2. The molecule has 3 nitrogen and oxygen atoms in total. The van der Waals surface area contributed by atoms with Crippen LogP contribution in [0.1, 0.15) is 29.7 Å². The van der Waals surface area contributed by atoms with Crippen LogP contribution in [0.5, 0.6) is 0 Å². The molecule has 0 saturated carbocycles.